The maximum atomic E-state index is 12.0. The van der Waals surface area contributed by atoms with E-state index in [4.69, 9.17) is 4.42 Å². The SMILES string of the molecule is Cc1ccc(CN(C)C(=O)c2csc(Br)c2)o1. The fourth-order valence-electron chi connectivity index (χ4n) is 1.52. The summed E-state index contributed by atoms with van der Waals surface area (Å²) in [5.41, 5.74) is 0.702. The van der Waals surface area contributed by atoms with Crippen molar-refractivity contribution in [3.8, 4) is 0 Å². The Balaban J connectivity index is 2.05. The van der Waals surface area contributed by atoms with Gasteiger partial charge in [0.15, 0.2) is 0 Å². The Hall–Kier alpha value is -1.07. The number of furan rings is 1. The van der Waals surface area contributed by atoms with E-state index in [9.17, 15) is 4.79 Å². The predicted molar refractivity (Wildman–Crippen MR) is 71.3 cm³/mol. The monoisotopic (exact) mass is 313 g/mol. The van der Waals surface area contributed by atoms with Gasteiger partial charge in [0.2, 0.25) is 0 Å². The standard InChI is InChI=1S/C12H12BrNO2S/c1-8-3-4-10(16-8)6-14(2)12(15)9-5-11(13)17-7-9/h3-5,7H,6H2,1-2H3. The molecule has 0 spiro atoms. The summed E-state index contributed by atoms with van der Waals surface area (Å²) in [6.07, 6.45) is 0. The minimum absolute atomic E-state index is 0.000929. The molecule has 17 heavy (non-hydrogen) atoms. The number of rotatable bonds is 3. The van der Waals surface area contributed by atoms with Crippen LogP contribution in [0, 0.1) is 6.92 Å². The number of thiophene rings is 1. The van der Waals surface area contributed by atoms with Gasteiger partial charge in [-0.1, -0.05) is 0 Å². The van der Waals surface area contributed by atoms with E-state index in [1.165, 1.54) is 11.3 Å². The van der Waals surface area contributed by atoms with Crippen molar-refractivity contribution in [3.05, 3.63) is 44.4 Å². The van der Waals surface area contributed by atoms with Crippen LogP contribution in [-0.4, -0.2) is 17.9 Å². The van der Waals surface area contributed by atoms with E-state index in [0.29, 0.717) is 12.1 Å². The molecule has 2 aromatic rings. The van der Waals surface area contributed by atoms with Gasteiger partial charge in [-0.2, -0.15) is 0 Å². The molecule has 0 N–H and O–H groups in total. The van der Waals surface area contributed by atoms with Gasteiger partial charge in [-0.3, -0.25) is 4.79 Å². The lowest BCUT2D eigenvalue weighted by atomic mass is 10.3. The van der Waals surface area contributed by atoms with Crippen LogP contribution in [0.4, 0.5) is 0 Å². The first-order chi connectivity index (χ1) is 8.06. The number of carbonyl (C=O) groups is 1. The van der Waals surface area contributed by atoms with Crippen molar-refractivity contribution in [3.63, 3.8) is 0 Å². The molecule has 0 saturated carbocycles. The first-order valence-electron chi connectivity index (χ1n) is 5.11. The van der Waals surface area contributed by atoms with Gasteiger partial charge in [0.25, 0.3) is 5.91 Å². The molecule has 0 aliphatic carbocycles. The van der Waals surface area contributed by atoms with Gasteiger partial charge < -0.3 is 9.32 Å². The van der Waals surface area contributed by atoms with Crippen molar-refractivity contribution in [2.24, 2.45) is 0 Å². The van der Waals surface area contributed by atoms with Crippen LogP contribution >= 0.6 is 27.3 Å². The summed E-state index contributed by atoms with van der Waals surface area (Å²) >= 11 is 4.86. The lowest BCUT2D eigenvalue weighted by molar-refractivity contribution is 0.0775. The number of hydrogen-bond donors (Lipinski definition) is 0. The summed E-state index contributed by atoms with van der Waals surface area (Å²) in [6, 6.07) is 5.62. The molecule has 0 atom stereocenters. The molecular weight excluding hydrogens is 302 g/mol. The van der Waals surface area contributed by atoms with Gasteiger partial charge in [-0.05, 0) is 41.1 Å². The molecule has 0 aliphatic rings. The summed E-state index contributed by atoms with van der Waals surface area (Å²) in [4.78, 5) is 13.7. The third kappa shape index (κ3) is 2.98. The zero-order valence-electron chi connectivity index (χ0n) is 9.57. The van der Waals surface area contributed by atoms with Crippen LogP contribution in [0.2, 0.25) is 0 Å². The Labute approximate surface area is 112 Å². The van der Waals surface area contributed by atoms with E-state index >= 15 is 0 Å². The van der Waals surface area contributed by atoms with Crippen LogP contribution in [0.25, 0.3) is 0 Å². The number of hydrogen-bond acceptors (Lipinski definition) is 3. The Morgan fingerprint density at radius 2 is 2.29 bits per heavy atom. The minimum atomic E-state index is 0.000929. The fraction of sp³-hybridized carbons (Fsp3) is 0.250. The lowest BCUT2D eigenvalue weighted by Crippen LogP contribution is -2.25. The Morgan fingerprint density at radius 1 is 1.53 bits per heavy atom. The van der Waals surface area contributed by atoms with Crippen molar-refractivity contribution in [2.45, 2.75) is 13.5 Å². The van der Waals surface area contributed by atoms with Gasteiger partial charge in [-0.25, -0.2) is 0 Å². The molecule has 5 heteroatoms. The fourth-order valence-corrected chi connectivity index (χ4v) is 2.65. The molecule has 0 fully saturated rings. The minimum Gasteiger partial charge on any atom is -0.464 e. The van der Waals surface area contributed by atoms with Crippen LogP contribution in [-0.2, 0) is 6.54 Å². The second-order valence-corrected chi connectivity index (χ2v) is 6.10. The lowest BCUT2D eigenvalue weighted by Gasteiger charge is -2.14. The molecule has 2 aromatic heterocycles. The molecular formula is C12H12BrNO2S. The predicted octanol–water partition coefficient (Wildman–Crippen LogP) is 3.68. The number of nitrogens with zero attached hydrogens (tertiary/aromatic N) is 1. The van der Waals surface area contributed by atoms with Crippen LogP contribution in [0.1, 0.15) is 21.9 Å². The normalized spacial score (nSPS) is 10.5. The first-order valence-corrected chi connectivity index (χ1v) is 6.78. The second kappa shape index (κ2) is 5.06. The van der Waals surface area contributed by atoms with Gasteiger partial charge >= 0.3 is 0 Å². The van der Waals surface area contributed by atoms with E-state index in [-0.39, 0.29) is 5.91 Å². The number of aryl methyl sites for hydroxylation is 1. The summed E-state index contributed by atoms with van der Waals surface area (Å²) in [5.74, 6) is 1.66. The molecule has 0 aliphatic heterocycles. The molecule has 0 bridgehead atoms. The van der Waals surface area contributed by atoms with E-state index in [2.05, 4.69) is 15.9 Å². The van der Waals surface area contributed by atoms with Crippen molar-refractivity contribution >= 4 is 33.2 Å². The highest BCUT2D eigenvalue weighted by atomic mass is 79.9. The summed E-state index contributed by atoms with van der Waals surface area (Å²) in [6.45, 7) is 2.38. The summed E-state index contributed by atoms with van der Waals surface area (Å²) in [5, 5.41) is 1.84. The van der Waals surface area contributed by atoms with E-state index in [0.717, 1.165) is 15.3 Å². The molecule has 3 nitrogen and oxygen atoms in total. The Bertz CT molecular complexity index is 532. The molecule has 0 aromatic carbocycles. The molecule has 2 heterocycles. The number of halogens is 1. The highest BCUT2D eigenvalue weighted by Gasteiger charge is 2.14. The van der Waals surface area contributed by atoms with Gasteiger partial charge in [0.05, 0.1) is 15.9 Å². The van der Waals surface area contributed by atoms with Crippen molar-refractivity contribution in [2.75, 3.05) is 7.05 Å². The molecule has 0 saturated heterocycles. The average molecular weight is 314 g/mol. The van der Waals surface area contributed by atoms with E-state index in [1.807, 2.05) is 30.5 Å². The number of amides is 1. The van der Waals surface area contributed by atoms with Crippen LogP contribution in [0.5, 0.6) is 0 Å². The average Bonchev–Trinajstić information content (AvgIpc) is 2.87. The quantitative estimate of drug-likeness (QED) is 0.866. The highest BCUT2D eigenvalue weighted by Crippen LogP contribution is 2.22. The van der Waals surface area contributed by atoms with Crippen molar-refractivity contribution < 1.29 is 9.21 Å². The Morgan fingerprint density at radius 3 is 2.82 bits per heavy atom. The molecule has 90 valence electrons. The molecule has 1 amide bonds. The van der Waals surface area contributed by atoms with Crippen molar-refractivity contribution in [1.82, 2.24) is 4.90 Å². The van der Waals surface area contributed by atoms with E-state index in [1.54, 1.807) is 11.9 Å². The topological polar surface area (TPSA) is 33.5 Å². The maximum absolute atomic E-state index is 12.0. The maximum Gasteiger partial charge on any atom is 0.254 e. The Kier molecular flexibility index (Phi) is 3.69. The zero-order chi connectivity index (χ0) is 12.4. The van der Waals surface area contributed by atoms with Crippen molar-refractivity contribution in [1.29, 1.82) is 0 Å². The second-order valence-electron chi connectivity index (χ2n) is 3.81. The largest absolute Gasteiger partial charge is 0.464 e. The summed E-state index contributed by atoms with van der Waals surface area (Å²) < 4.78 is 6.41. The first kappa shape index (κ1) is 12.4. The van der Waals surface area contributed by atoms with Gasteiger partial charge in [-0.15, -0.1) is 11.3 Å². The summed E-state index contributed by atoms with van der Waals surface area (Å²) in [7, 11) is 1.77. The molecule has 0 unspecified atom stereocenters. The molecule has 0 radical (unpaired) electrons. The highest BCUT2D eigenvalue weighted by molar-refractivity contribution is 9.11. The van der Waals surface area contributed by atoms with E-state index < -0.39 is 0 Å². The van der Waals surface area contributed by atoms with Crippen LogP contribution in [0.15, 0.2) is 31.8 Å². The molecule has 2 rings (SSSR count). The third-order valence-electron chi connectivity index (χ3n) is 2.35. The zero-order valence-corrected chi connectivity index (χ0v) is 12.0. The van der Waals surface area contributed by atoms with Crippen LogP contribution < -0.4 is 0 Å². The smallest absolute Gasteiger partial charge is 0.254 e. The third-order valence-corrected chi connectivity index (χ3v) is 3.85. The van der Waals surface area contributed by atoms with Crippen LogP contribution in [0.3, 0.4) is 0 Å². The van der Waals surface area contributed by atoms with Gasteiger partial charge in [0, 0.05) is 12.4 Å². The number of carbonyl (C=O) groups excluding carboxylic acids is 1. The van der Waals surface area contributed by atoms with Gasteiger partial charge in [0.1, 0.15) is 11.5 Å².